The third-order valence-electron chi connectivity index (χ3n) is 3.60. The first kappa shape index (κ1) is 15.3. The fraction of sp³-hybridized carbons (Fsp3) is 0.444. The maximum Gasteiger partial charge on any atom is 0.0458 e. The average Bonchev–Trinajstić information content (AvgIpc) is 2.76. The van der Waals surface area contributed by atoms with Gasteiger partial charge >= 0.3 is 0 Å². The molecular formula is C18H25NS. The third kappa shape index (κ3) is 3.94. The van der Waals surface area contributed by atoms with E-state index < -0.39 is 0 Å². The molecule has 0 amide bonds. The molecule has 0 radical (unpaired) electrons. The first-order valence-corrected chi connectivity index (χ1v) is 8.27. The van der Waals surface area contributed by atoms with Gasteiger partial charge in [-0.25, -0.2) is 0 Å². The highest BCUT2D eigenvalue weighted by Gasteiger charge is 2.16. The van der Waals surface area contributed by atoms with Crippen LogP contribution in [0.4, 0.5) is 0 Å². The topological polar surface area (TPSA) is 12.0 Å². The Hall–Kier alpha value is -1.12. The van der Waals surface area contributed by atoms with Crippen LogP contribution in [0.1, 0.15) is 45.8 Å². The first-order valence-electron chi connectivity index (χ1n) is 7.46. The van der Waals surface area contributed by atoms with Gasteiger partial charge < -0.3 is 5.32 Å². The van der Waals surface area contributed by atoms with E-state index in [2.05, 4.69) is 63.3 Å². The molecule has 0 spiro atoms. The SMILES string of the molecule is CCCNC(Cc1ccc(C)cc1)c1sc(C)cc1C. The van der Waals surface area contributed by atoms with Gasteiger partial charge in [-0.2, -0.15) is 0 Å². The predicted octanol–water partition coefficient (Wildman–Crippen LogP) is 4.96. The van der Waals surface area contributed by atoms with Crippen molar-refractivity contribution in [1.29, 1.82) is 0 Å². The summed E-state index contributed by atoms with van der Waals surface area (Å²) < 4.78 is 0. The molecule has 20 heavy (non-hydrogen) atoms. The zero-order chi connectivity index (χ0) is 14.5. The van der Waals surface area contributed by atoms with Crippen LogP contribution in [0.25, 0.3) is 0 Å². The molecule has 2 rings (SSSR count). The number of thiophene rings is 1. The van der Waals surface area contributed by atoms with Crippen LogP contribution in [-0.2, 0) is 6.42 Å². The number of nitrogens with one attached hydrogen (secondary N) is 1. The van der Waals surface area contributed by atoms with Crippen LogP contribution in [-0.4, -0.2) is 6.54 Å². The monoisotopic (exact) mass is 287 g/mol. The molecule has 1 aromatic heterocycles. The quantitative estimate of drug-likeness (QED) is 0.792. The van der Waals surface area contributed by atoms with E-state index in [9.17, 15) is 0 Å². The lowest BCUT2D eigenvalue weighted by molar-refractivity contribution is 0.535. The van der Waals surface area contributed by atoms with Gasteiger partial charge in [0.15, 0.2) is 0 Å². The molecule has 0 bridgehead atoms. The second kappa shape index (κ2) is 7.05. The highest BCUT2D eigenvalue weighted by atomic mass is 32.1. The molecule has 0 aliphatic rings. The summed E-state index contributed by atoms with van der Waals surface area (Å²) in [5.74, 6) is 0. The fourth-order valence-corrected chi connectivity index (χ4v) is 3.65. The number of aryl methyl sites for hydroxylation is 3. The Morgan fingerprint density at radius 3 is 2.35 bits per heavy atom. The standard InChI is InChI=1S/C18H25NS/c1-5-10-19-17(18-14(3)11-15(4)20-18)12-16-8-6-13(2)7-9-16/h6-9,11,17,19H,5,10,12H2,1-4H3. The van der Waals surface area contributed by atoms with Crippen LogP contribution < -0.4 is 5.32 Å². The van der Waals surface area contributed by atoms with E-state index in [1.807, 2.05) is 11.3 Å². The molecule has 1 unspecified atom stereocenters. The lowest BCUT2D eigenvalue weighted by atomic mass is 10.0. The van der Waals surface area contributed by atoms with Gasteiger partial charge in [0.05, 0.1) is 0 Å². The van der Waals surface area contributed by atoms with E-state index in [4.69, 9.17) is 0 Å². The largest absolute Gasteiger partial charge is 0.309 e. The second-order valence-corrected chi connectivity index (χ2v) is 6.89. The Kier molecular flexibility index (Phi) is 5.38. The third-order valence-corrected chi connectivity index (χ3v) is 4.86. The van der Waals surface area contributed by atoms with Gasteiger partial charge in [0.1, 0.15) is 0 Å². The van der Waals surface area contributed by atoms with E-state index in [1.165, 1.54) is 32.9 Å². The minimum atomic E-state index is 0.441. The summed E-state index contributed by atoms with van der Waals surface area (Å²) in [5.41, 5.74) is 4.16. The zero-order valence-corrected chi connectivity index (χ0v) is 13.8. The maximum absolute atomic E-state index is 3.71. The van der Waals surface area contributed by atoms with E-state index >= 15 is 0 Å². The minimum Gasteiger partial charge on any atom is -0.309 e. The molecular weight excluding hydrogens is 262 g/mol. The molecule has 108 valence electrons. The molecule has 0 fully saturated rings. The summed E-state index contributed by atoms with van der Waals surface area (Å²) in [6.07, 6.45) is 2.24. The van der Waals surface area contributed by atoms with E-state index in [0.29, 0.717) is 6.04 Å². The summed E-state index contributed by atoms with van der Waals surface area (Å²) in [7, 11) is 0. The Balaban J connectivity index is 2.19. The summed E-state index contributed by atoms with van der Waals surface area (Å²) in [4.78, 5) is 2.90. The minimum absolute atomic E-state index is 0.441. The molecule has 2 heteroatoms. The Morgan fingerprint density at radius 2 is 1.80 bits per heavy atom. The van der Waals surface area contributed by atoms with Crippen molar-refractivity contribution in [1.82, 2.24) is 5.32 Å². The molecule has 0 saturated heterocycles. The Morgan fingerprint density at radius 1 is 1.10 bits per heavy atom. The highest BCUT2D eigenvalue weighted by molar-refractivity contribution is 7.12. The number of benzene rings is 1. The lowest BCUT2D eigenvalue weighted by Gasteiger charge is -2.18. The molecule has 0 aliphatic carbocycles. The summed E-state index contributed by atoms with van der Waals surface area (Å²) in [6.45, 7) is 9.87. The van der Waals surface area contributed by atoms with Crippen LogP contribution in [0.3, 0.4) is 0 Å². The van der Waals surface area contributed by atoms with Crippen LogP contribution in [0.5, 0.6) is 0 Å². The van der Waals surface area contributed by atoms with Crippen LogP contribution >= 0.6 is 11.3 Å². The molecule has 0 aliphatic heterocycles. The maximum atomic E-state index is 3.71. The molecule has 1 heterocycles. The normalized spacial score (nSPS) is 12.6. The van der Waals surface area contributed by atoms with Crippen molar-refractivity contribution in [2.24, 2.45) is 0 Å². The van der Waals surface area contributed by atoms with Gasteiger partial charge in [-0.05, 0) is 57.4 Å². The zero-order valence-electron chi connectivity index (χ0n) is 13.0. The number of hydrogen-bond acceptors (Lipinski definition) is 2. The van der Waals surface area contributed by atoms with Crippen molar-refractivity contribution in [2.75, 3.05) is 6.54 Å². The van der Waals surface area contributed by atoms with E-state index in [0.717, 1.165) is 13.0 Å². The first-order chi connectivity index (χ1) is 9.60. The fourth-order valence-electron chi connectivity index (χ4n) is 2.54. The van der Waals surface area contributed by atoms with Crippen molar-refractivity contribution >= 4 is 11.3 Å². The molecule has 1 nitrogen and oxygen atoms in total. The van der Waals surface area contributed by atoms with Crippen molar-refractivity contribution < 1.29 is 0 Å². The van der Waals surface area contributed by atoms with Crippen molar-refractivity contribution in [2.45, 2.75) is 46.6 Å². The van der Waals surface area contributed by atoms with Gasteiger partial charge in [0.2, 0.25) is 0 Å². The van der Waals surface area contributed by atoms with Crippen LogP contribution in [0.2, 0.25) is 0 Å². The van der Waals surface area contributed by atoms with Gasteiger partial charge in [0, 0.05) is 15.8 Å². The lowest BCUT2D eigenvalue weighted by Crippen LogP contribution is -2.23. The Bertz CT molecular complexity index is 539. The molecule has 2 aromatic rings. The molecule has 1 N–H and O–H groups in total. The van der Waals surface area contributed by atoms with E-state index in [1.54, 1.807) is 0 Å². The number of rotatable bonds is 6. The average molecular weight is 287 g/mol. The van der Waals surface area contributed by atoms with Gasteiger partial charge in [-0.1, -0.05) is 36.8 Å². The second-order valence-electron chi connectivity index (χ2n) is 5.60. The summed E-state index contributed by atoms with van der Waals surface area (Å²) >= 11 is 1.93. The molecule has 1 atom stereocenters. The summed E-state index contributed by atoms with van der Waals surface area (Å²) in [6, 6.07) is 11.7. The number of hydrogen-bond donors (Lipinski definition) is 1. The van der Waals surface area contributed by atoms with Crippen LogP contribution in [0, 0.1) is 20.8 Å². The van der Waals surface area contributed by atoms with Crippen molar-refractivity contribution in [3.63, 3.8) is 0 Å². The van der Waals surface area contributed by atoms with Gasteiger partial charge in [-0.15, -0.1) is 11.3 Å². The van der Waals surface area contributed by atoms with Gasteiger partial charge in [-0.3, -0.25) is 0 Å². The van der Waals surface area contributed by atoms with Crippen LogP contribution in [0.15, 0.2) is 30.3 Å². The van der Waals surface area contributed by atoms with Crippen molar-refractivity contribution in [3.8, 4) is 0 Å². The van der Waals surface area contributed by atoms with E-state index in [-0.39, 0.29) is 0 Å². The Labute approximate surface area is 127 Å². The molecule has 0 saturated carbocycles. The van der Waals surface area contributed by atoms with Gasteiger partial charge in [0.25, 0.3) is 0 Å². The molecule has 1 aromatic carbocycles. The predicted molar refractivity (Wildman–Crippen MR) is 89.7 cm³/mol. The highest BCUT2D eigenvalue weighted by Crippen LogP contribution is 2.29. The smallest absolute Gasteiger partial charge is 0.0458 e. The summed E-state index contributed by atoms with van der Waals surface area (Å²) in [5, 5.41) is 3.71. The van der Waals surface area contributed by atoms with Crippen molar-refractivity contribution in [3.05, 3.63) is 56.8 Å².